The van der Waals surface area contributed by atoms with Gasteiger partial charge in [-0.05, 0) is 54.4 Å². The Morgan fingerprint density at radius 2 is 1.74 bits per heavy atom. The predicted octanol–water partition coefficient (Wildman–Crippen LogP) is 2.00. The van der Waals surface area contributed by atoms with Crippen LogP contribution in [0.2, 0.25) is 0 Å². The first-order chi connectivity index (χ1) is 17.1. The van der Waals surface area contributed by atoms with E-state index in [1.807, 2.05) is 0 Å². The van der Waals surface area contributed by atoms with Gasteiger partial charge in [-0.15, -0.1) is 0 Å². The van der Waals surface area contributed by atoms with Crippen LogP contribution in [0.3, 0.4) is 0 Å². The summed E-state index contributed by atoms with van der Waals surface area (Å²) in [6.07, 6.45) is 4.27. The summed E-state index contributed by atoms with van der Waals surface area (Å²) in [5.41, 5.74) is 11.4. The third kappa shape index (κ3) is 3.64. The number of aryl methyl sites for hydroxylation is 2. The number of carbonyl (C=O) groups is 2. The zero-order chi connectivity index (χ0) is 24.1. The molecule has 2 bridgehead atoms. The maximum absolute atomic E-state index is 13.8. The Labute approximate surface area is 206 Å². The third-order valence-electron chi connectivity index (χ3n) is 8.39. The fourth-order valence-corrected chi connectivity index (χ4v) is 6.73. The number of hydrogen-bond donors (Lipinski definition) is 1. The Balaban J connectivity index is 1.24. The van der Waals surface area contributed by atoms with Crippen molar-refractivity contribution in [2.24, 2.45) is 5.73 Å². The van der Waals surface area contributed by atoms with E-state index in [9.17, 15) is 14.9 Å². The molecule has 0 radical (unpaired) electrons. The SMILES string of the molecule is N#C[C@@H]1CCCN1C(=O)[C@@H](N)CN1CC2C[C@@H]1C(=O)N2C1c2ccccc2CCc2ccccc21. The minimum absolute atomic E-state index is 0.0779. The predicted molar refractivity (Wildman–Crippen MR) is 131 cm³/mol. The Bertz CT molecular complexity index is 1160. The fourth-order valence-electron chi connectivity index (χ4n) is 6.73. The monoisotopic (exact) mass is 469 g/mol. The van der Waals surface area contributed by atoms with E-state index >= 15 is 0 Å². The number of nitrogens with two attached hydrogens (primary N) is 1. The van der Waals surface area contributed by atoms with Gasteiger partial charge in [0, 0.05) is 25.7 Å². The van der Waals surface area contributed by atoms with Gasteiger partial charge in [0.2, 0.25) is 11.8 Å². The summed E-state index contributed by atoms with van der Waals surface area (Å²) in [7, 11) is 0. The van der Waals surface area contributed by atoms with Gasteiger partial charge in [0.15, 0.2) is 0 Å². The molecule has 3 heterocycles. The van der Waals surface area contributed by atoms with E-state index < -0.39 is 6.04 Å². The lowest BCUT2D eigenvalue weighted by Gasteiger charge is -2.40. The highest BCUT2D eigenvalue weighted by atomic mass is 16.2. The van der Waals surface area contributed by atoms with Crippen LogP contribution in [-0.2, 0) is 22.4 Å². The third-order valence-corrected chi connectivity index (χ3v) is 8.39. The lowest BCUT2D eigenvalue weighted by Crippen LogP contribution is -2.57. The van der Waals surface area contributed by atoms with Crippen LogP contribution in [0.15, 0.2) is 48.5 Å². The van der Waals surface area contributed by atoms with E-state index in [1.54, 1.807) is 4.90 Å². The van der Waals surface area contributed by atoms with Crippen LogP contribution in [0.4, 0.5) is 0 Å². The number of benzene rings is 2. The minimum atomic E-state index is -0.719. The molecule has 0 spiro atoms. The summed E-state index contributed by atoms with van der Waals surface area (Å²) >= 11 is 0. The number of nitrogens with zero attached hydrogens (tertiary/aromatic N) is 4. The highest BCUT2D eigenvalue weighted by molar-refractivity contribution is 5.87. The van der Waals surface area contributed by atoms with Gasteiger partial charge in [-0.3, -0.25) is 14.5 Å². The number of carbonyl (C=O) groups excluding carboxylic acids is 2. The molecule has 35 heavy (non-hydrogen) atoms. The molecule has 2 aromatic rings. The lowest BCUT2D eigenvalue weighted by atomic mass is 9.92. The van der Waals surface area contributed by atoms with Crippen molar-refractivity contribution in [3.05, 3.63) is 70.8 Å². The molecule has 2 amide bonds. The molecule has 1 aliphatic carbocycles. The Kier molecular flexibility index (Phi) is 5.58. The first kappa shape index (κ1) is 22.3. The zero-order valence-corrected chi connectivity index (χ0v) is 19.8. The Morgan fingerprint density at radius 3 is 2.37 bits per heavy atom. The van der Waals surface area contributed by atoms with E-state index in [1.165, 1.54) is 22.3 Å². The summed E-state index contributed by atoms with van der Waals surface area (Å²) < 4.78 is 0. The van der Waals surface area contributed by atoms with Gasteiger partial charge in [-0.2, -0.15) is 5.26 Å². The van der Waals surface area contributed by atoms with Crippen LogP contribution < -0.4 is 5.73 Å². The van der Waals surface area contributed by atoms with E-state index in [0.29, 0.717) is 19.5 Å². The van der Waals surface area contributed by atoms with Gasteiger partial charge in [0.25, 0.3) is 0 Å². The molecule has 2 aromatic carbocycles. The number of rotatable bonds is 4. The van der Waals surface area contributed by atoms with Crippen LogP contribution in [0.5, 0.6) is 0 Å². The summed E-state index contributed by atoms with van der Waals surface area (Å²) in [5, 5.41) is 9.34. The molecular formula is C28H31N5O2. The van der Waals surface area contributed by atoms with Gasteiger partial charge in [-0.1, -0.05) is 48.5 Å². The summed E-state index contributed by atoms with van der Waals surface area (Å²) in [6.45, 7) is 1.66. The molecule has 0 saturated carbocycles. The molecule has 2 N–H and O–H groups in total. The van der Waals surface area contributed by atoms with E-state index in [0.717, 1.165) is 32.2 Å². The molecular weight excluding hydrogens is 438 g/mol. The van der Waals surface area contributed by atoms with Gasteiger partial charge in [0.05, 0.1) is 24.2 Å². The first-order valence-electron chi connectivity index (χ1n) is 12.7. The summed E-state index contributed by atoms with van der Waals surface area (Å²) in [4.78, 5) is 32.6. The smallest absolute Gasteiger partial charge is 0.241 e. The van der Waals surface area contributed by atoms with Crippen LogP contribution in [-0.4, -0.2) is 70.3 Å². The normalized spacial score (nSPS) is 26.9. The van der Waals surface area contributed by atoms with Crippen LogP contribution in [0.25, 0.3) is 0 Å². The second kappa shape index (κ2) is 8.78. The maximum Gasteiger partial charge on any atom is 0.241 e. The number of likely N-dealkylation sites (tertiary alicyclic amines) is 3. The van der Waals surface area contributed by atoms with Gasteiger partial charge < -0.3 is 15.5 Å². The fraction of sp³-hybridized carbons (Fsp3) is 0.464. The van der Waals surface area contributed by atoms with Crippen molar-refractivity contribution in [2.45, 2.75) is 62.3 Å². The molecule has 1 unspecified atom stereocenters. The molecule has 0 aromatic heterocycles. The van der Waals surface area contributed by atoms with Gasteiger partial charge >= 0.3 is 0 Å². The zero-order valence-electron chi connectivity index (χ0n) is 19.8. The highest BCUT2D eigenvalue weighted by Crippen LogP contribution is 2.44. The van der Waals surface area contributed by atoms with E-state index in [-0.39, 0.29) is 36.0 Å². The number of fused-ring (bicyclic) bond motifs is 4. The van der Waals surface area contributed by atoms with Crippen molar-refractivity contribution in [2.75, 3.05) is 19.6 Å². The molecule has 4 atom stereocenters. The van der Waals surface area contributed by atoms with Gasteiger partial charge in [-0.25, -0.2) is 0 Å². The quantitative estimate of drug-likeness (QED) is 0.739. The second-order valence-corrected chi connectivity index (χ2v) is 10.3. The maximum atomic E-state index is 13.8. The number of hydrogen-bond acceptors (Lipinski definition) is 5. The van der Waals surface area contributed by atoms with Crippen LogP contribution >= 0.6 is 0 Å². The Hall–Kier alpha value is -3.21. The summed E-state index contributed by atoms with van der Waals surface area (Å²) in [6, 6.07) is 17.9. The number of amides is 2. The number of piperazine rings is 1. The van der Waals surface area contributed by atoms with E-state index in [4.69, 9.17) is 5.73 Å². The molecule has 3 fully saturated rings. The average molecular weight is 470 g/mol. The van der Waals surface area contributed by atoms with E-state index in [2.05, 4.69) is 64.4 Å². The molecule has 7 nitrogen and oxygen atoms in total. The minimum Gasteiger partial charge on any atom is -0.326 e. The second-order valence-electron chi connectivity index (χ2n) is 10.3. The lowest BCUT2D eigenvalue weighted by molar-refractivity contribution is -0.140. The molecule has 6 rings (SSSR count). The Morgan fingerprint density at radius 1 is 1.09 bits per heavy atom. The molecule has 180 valence electrons. The largest absolute Gasteiger partial charge is 0.326 e. The standard InChI is InChI=1S/C28H31N5O2/c29-15-20-8-5-13-32(20)27(34)24(30)17-31-16-21-14-25(31)28(35)33(21)26-22-9-3-1-6-18(22)11-12-19-7-2-4-10-23(19)26/h1-4,6-7,9-10,20-21,24-26H,5,8,11-14,16-17,30H2/t20-,21?,24-,25+/m0/s1. The van der Waals surface area contributed by atoms with Crippen molar-refractivity contribution in [1.29, 1.82) is 5.26 Å². The topological polar surface area (TPSA) is 93.7 Å². The van der Waals surface area contributed by atoms with Crippen molar-refractivity contribution in [1.82, 2.24) is 14.7 Å². The summed E-state index contributed by atoms with van der Waals surface area (Å²) in [5.74, 6) is -0.0405. The van der Waals surface area contributed by atoms with Crippen LogP contribution in [0.1, 0.15) is 47.6 Å². The average Bonchev–Trinajstić information content (AvgIpc) is 3.56. The molecule has 4 aliphatic rings. The molecule has 3 saturated heterocycles. The molecule has 7 heteroatoms. The highest BCUT2D eigenvalue weighted by Gasteiger charge is 2.53. The van der Waals surface area contributed by atoms with Gasteiger partial charge in [0.1, 0.15) is 6.04 Å². The first-order valence-corrected chi connectivity index (χ1v) is 12.7. The van der Waals surface area contributed by atoms with Crippen LogP contribution in [0, 0.1) is 11.3 Å². The van der Waals surface area contributed by atoms with Crippen molar-refractivity contribution in [3.8, 4) is 6.07 Å². The van der Waals surface area contributed by atoms with Crippen molar-refractivity contribution >= 4 is 11.8 Å². The van der Waals surface area contributed by atoms with Crippen molar-refractivity contribution < 1.29 is 9.59 Å². The number of nitriles is 1. The molecule has 3 aliphatic heterocycles. The van der Waals surface area contributed by atoms with Crippen molar-refractivity contribution in [3.63, 3.8) is 0 Å².